The van der Waals surface area contributed by atoms with E-state index in [-0.39, 0.29) is 18.7 Å². The molecule has 36 heavy (non-hydrogen) atoms. The van der Waals surface area contributed by atoms with Crippen molar-refractivity contribution in [1.82, 2.24) is 10.2 Å². The second kappa shape index (κ2) is 10.9. The molecule has 0 fully saturated rings. The minimum Gasteiger partial charge on any atom is -0.463 e. The van der Waals surface area contributed by atoms with Gasteiger partial charge in [-0.05, 0) is 49.4 Å². The van der Waals surface area contributed by atoms with Crippen LogP contribution in [0.4, 0.5) is 21.0 Å². The fourth-order valence-corrected chi connectivity index (χ4v) is 4.38. The molecular weight excluding hydrogens is 456 g/mol. The first-order valence-electron chi connectivity index (χ1n) is 12.0. The van der Waals surface area contributed by atoms with Crippen molar-refractivity contribution in [3.8, 4) is 0 Å². The summed E-state index contributed by atoms with van der Waals surface area (Å²) < 4.78 is 5.29. The van der Waals surface area contributed by atoms with Crippen LogP contribution in [0.2, 0.25) is 0 Å². The van der Waals surface area contributed by atoms with Crippen molar-refractivity contribution in [3.63, 3.8) is 0 Å². The Morgan fingerprint density at radius 2 is 1.69 bits per heavy atom. The number of anilines is 2. The van der Waals surface area contributed by atoms with Gasteiger partial charge in [0, 0.05) is 23.3 Å². The lowest BCUT2D eigenvalue weighted by molar-refractivity contribution is -0.139. The van der Waals surface area contributed by atoms with E-state index in [1.54, 1.807) is 43.0 Å². The zero-order valence-corrected chi connectivity index (χ0v) is 20.6. The summed E-state index contributed by atoms with van der Waals surface area (Å²) >= 11 is 0. The van der Waals surface area contributed by atoms with Crippen molar-refractivity contribution < 1.29 is 19.1 Å². The number of carbonyl (C=O) groups is 3. The van der Waals surface area contributed by atoms with E-state index >= 15 is 0 Å². The molecule has 8 nitrogen and oxygen atoms in total. The van der Waals surface area contributed by atoms with Crippen LogP contribution >= 0.6 is 0 Å². The van der Waals surface area contributed by atoms with Crippen molar-refractivity contribution in [2.75, 3.05) is 23.8 Å². The van der Waals surface area contributed by atoms with Crippen molar-refractivity contribution in [1.29, 1.82) is 0 Å². The van der Waals surface area contributed by atoms with E-state index < -0.39 is 12.0 Å². The molecule has 1 heterocycles. The van der Waals surface area contributed by atoms with Crippen LogP contribution in [0.5, 0.6) is 0 Å². The molecule has 1 aliphatic heterocycles. The van der Waals surface area contributed by atoms with Crippen molar-refractivity contribution in [3.05, 3.63) is 83.6 Å². The Morgan fingerprint density at radius 1 is 0.972 bits per heavy atom. The molecule has 3 aromatic carbocycles. The lowest BCUT2D eigenvalue weighted by Crippen LogP contribution is -2.48. The average Bonchev–Trinajstić information content (AvgIpc) is 2.87. The topological polar surface area (TPSA) is 99.8 Å². The number of fused-ring (bicyclic) bond motifs is 1. The quantitative estimate of drug-likeness (QED) is 0.368. The molecule has 1 aliphatic rings. The molecule has 4 amide bonds. The standard InChI is InChI=1S/C28H30N4O4/c1-4-17-32-18(3)24(26(33)36-5-2)25(31-28(32)35)20-13-15-21(16-14-20)29-27(34)30-23-12-8-10-19-9-6-7-11-22(19)23/h6-16,25H,4-5,17H2,1-3H3,(H,31,35)(H2,29,30,34)/t25-/m0/s1. The lowest BCUT2D eigenvalue weighted by Gasteiger charge is -2.35. The van der Waals surface area contributed by atoms with Gasteiger partial charge in [-0.2, -0.15) is 0 Å². The number of amides is 4. The second-order valence-electron chi connectivity index (χ2n) is 8.48. The highest BCUT2D eigenvalue weighted by Gasteiger charge is 2.36. The number of carbonyl (C=O) groups excluding carboxylic acids is 3. The third kappa shape index (κ3) is 5.17. The SMILES string of the molecule is CCCN1C(=O)N[C@@H](c2ccc(NC(=O)Nc3cccc4ccccc34)cc2)C(C(=O)OCC)=C1C. The first kappa shape index (κ1) is 24.8. The highest BCUT2D eigenvalue weighted by molar-refractivity contribution is 6.06. The molecule has 1 atom stereocenters. The van der Waals surface area contributed by atoms with Crippen LogP contribution < -0.4 is 16.0 Å². The predicted molar refractivity (Wildman–Crippen MR) is 141 cm³/mol. The summed E-state index contributed by atoms with van der Waals surface area (Å²) in [5.74, 6) is -0.460. The Bertz CT molecular complexity index is 1310. The van der Waals surface area contributed by atoms with E-state index in [0.29, 0.717) is 34.8 Å². The van der Waals surface area contributed by atoms with Gasteiger partial charge in [0.15, 0.2) is 0 Å². The summed E-state index contributed by atoms with van der Waals surface area (Å²) in [6.45, 7) is 6.22. The molecule has 3 N–H and O–H groups in total. The predicted octanol–water partition coefficient (Wildman–Crippen LogP) is 5.80. The van der Waals surface area contributed by atoms with Gasteiger partial charge in [0.1, 0.15) is 0 Å². The molecule has 0 aromatic heterocycles. The number of hydrogen-bond acceptors (Lipinski definition) is 4. The smallest absolute Gasteiger partial charge is 0.338 e. The minimum absolute atomic E-state index is 0.235. The fraction of sp³-hybridized carbons (Fsp3) is 0.250. The Hall–Kier alpha value is -4.33. The molecule has 8 heteroatoms. The van der Waals surface area contributed by atoms with Gasteiger partial charge in [0.2, 0.25) is 0 Å². The second-order valence-corrected chi connectivity index (χ2v) is 8.48. The molecule has 0 aliphatic carbocycles. The van der Waals surface area contributed by atoms with Crippen molar-refractivity contribution in [2.45, 2.75) is 33.2 Å². The summed E-state index contributed by atoms with van der Waals surface area (Å²) in [6.07, 6.45) is 0.757. The third-order valence-electron chi connectivity index (χ3n) is 6.08. The Morgan fingerprint density at radius 3 is 2.42 bits per heavy atom. The Balaban J connectivity index is 1.53. The molecule has 0 radical (unpaired) electrons. The monoisotopic (exact) mass is 486 g/mol. The van der Waals surface area contributed by atoms with Crippen LogP contribution in [0.15, 0.2) is 78.0 Å². The van der Waals surface area contributed by atoms with Crippen LogP contribution in [-0.4, -0.2) is 36.1 Å². The first-order valence-corrected chi connectivity index (χ1v) is 12.0. The van der Waals surface area contributed by atoms with Gasteiger partial charge in [-0.3, -0.25) is 4.90 Å². The van der Waals surface area contributed by atoms with Gasteiger partial charge < -0.3 is 20.7 Å². The molecule has 186 valence electrons. The third-order valence-corrected chi connectivity index (χ3v) is 6.08. The lowest BCUT2D eigenvalue weighted by atomic mass is 9.94. The number of rotatable bonds is 7. The molecule has 0 unspecified atom stereocenters. The number of allylic oxidation sites excluding steroid dienone is 1. The van der Waals surface area contributed by atoms with E-state index in [9.17, 15) is 14.4 Å². The number of benzene rings is 3. The molecule has 0 bridgehead atoms. The fourth-order valence-electron chi connectivity index (χ4n) is 4.38. The van der Waals surface area contributed by atoms with Crippen LogP contribution in [0.3, 0.4) is 0 Å². The van der Waals surface area contributed by atoms with E-state index in [2.05, 4.69) is 16.0 Å². The van der Waals surface area contributed by atoms with Crippen LogP contribution in [-0.2, 0) is 9.53 Å². The average molecular weight is 487 g/mol. The van der Waals surface area contributed by atoms with Crippen LogP contribution in [0, 0.1) is 0 Å². The maximum atomic E-state index is 12.8. The van der Waals surface area contributed by atoms with Gasteiger partial charge >= 0.3 is 18.0 Å². The van der Waals surface area contributed by atoms with Gasteiger partial charge in [-0.1, -0.05) is 55.5 Å². The first-order chi connectivity index (χ1) is 17.4. The maximum Gasteiger partial charge on any atom is 0.338 e. The molecule has 0 saturated heterocycles. The summed E-state index contributed by atoms with van der Waals surface area (Å²) in [5.41, 5.74) is 2.98. The van der Waals surface area contributed by atoms with Crippen LogP contribution in [0.1, 0.15) is 38.8 Å². The van der Waals surface area contributed by atoms with E-state index in [4.69, 9.17) is 4.74 Å². The molecule has 3 aromatic rings. The molecule has 4 rings (SSSR count). The molecular formula is C28H30N4O4. The summed E-state index contributed by atoms with van der Waals surface area (Å²) in [7, 11) is 0. The number of urea groups is 2. The van der Waals surface area contributed by atoms with E-state index in [1.807, 2.05) is 49.4 Å². The number of nitrogens with zero attached hydrogens (tertiary/aromatic N) is 1. The summed E-state index contributed by atoms with van der Waals surface area (Å²) in [5, 5.41) is 10.6. The normalized spacial score (nSPS) is 15.5. The van der Waals surface area contributed by atoms with Gasteiger partial charge in [0.05, 0.1) is 23.9 Å². The van der Waals surface area contributed by atoms with Gasteiger partial charge in [-0.15, -0.1) is 0 Å². The molecule has 0 saturated carbocycles. The number of ether oxygens (including phenoxy) is 1. The summed E-state index contributed by atoms with van der Waals surface area (Å²) in [6, 6.07) is 19.3. The van der Waals surface area contributed by atoms with Crippen LogP contribution in [0.25, 0.3) is 10.8 Å². The molecule has 0 spiro atoms. The van der Waals surface area contributed by atoms with Gasteiger partial charge in [-0.25, -0.2) is 14.4 Å². The van der Waals surface area contributed by atoms with E-state index in [0.717, 1.165) is 17.2 Å². The maximum absolute atomic E-state index is 12.8. The van der Waals surface area contributed by atoms with Crippen molar-refractivity contribution >= 4 is 40.2 Å². The Kier molecular flexibility index (Phi) is 7.53. The number of esters is 1. The van der Waals surface area contributed by atoms with Gasteiger partial charge in [0.25, 0.3) is 0 Å². The highest BCUT2D eigenvalue weighted by Crippen LogP contribution is 2.32. The largest absolute Gasteiger partial charge is 0.463 e. The zero-order chi connectivity index (χ0) is 25.7. The number of nitrogens with one attached hydrogen (secondary N) is 3. The summed E-state index contributed by atoms with van der Waals surface area (Å²) in [4.78, 5) is 39.8. The number of hydrogen-bond donors (Lipinski definition) is 3. The highest BCUT2D eigenvalue weighted by atomic mass is 16.5. The zero-order valence-electron chi connectivity index (χ0n) is 20.6. The Labute approximate surface area is 210 Å². The van der Waals surface area contributed by atoms with E-state index in [1.165, 1.54) is 0 Å². The minimum atomic E-state index is -0.650. The van der Waals surface area contributed by atoms with Crippen molar-refractivity contribution in [2.24, 2.45) is 0 Å².